The van der Waals surface area contributed by atoms with E-state index < -0.39 is 5.91 Å². The molecule has 1 amide bonds. The zero-order valence-corrected chi connectivity index (χ0v) is 15.3. The lowest BCUT2D eigenvalue weighted by atomic mass is 9.65. The fourth-order valence-electron chi connectivity index (χ4n) is 4.49. The number of likely N-dealkylation sites (tertiary alicyclic amines) is 1. The molecule has 3 aliphatic rings. The van der Waals surface area contributed by atoms with Crippen molar-refractivity contribution in [2.24, 2.45) is 5.92 Å². The second-order valence-corrected chi connectivity index (χ2v) is 7.06. The number of benzene rings is 1. The van der Waals surface area contributed by atoms with E-state index in [4.69, 9.17) is 5.21 Å². The van der Waals surface area contributed by atoms with E-state index in [-0.39, 0.29) is 11.4 Å². The van der Waals surface area contributed by atoms with Crippen LogP contribution in [0.1, 0.15) is 48.2 Å². The Morgan fingerprint density at radius 2 is 2.12 bits per heavy atom. The number of carbonyl (C=O) groups is 1. The van der Waals surface area contributed by atoms with E-state index >= 15 is 0 Å². The van der Waals surface area contributed by atoms with Crippen LogP contribution in [0.5, 0.6) is 0 Å². The van der Waals surface area contributed by atoms with Gasteiger partial charge < -0.3 is 0 Å². The molecule has 6 heteroatoms. The number of carbonyl (C=O) groups excluding carboxylic acids is 1. The molecule has 0 spiro atoms. The van der Waals surface area contributed by atoms with E-state index in [1.807, 2.05) is 13.8 Å². The normalized spacial score (nSPS) is 27.8. The highest BCUT2D eigenvalue weighted by Crippen LogP contribution is 2.46. The first kappa shape index (κ1) is 18.3. The molecule has 1 saturated heterocycles. The molecule has 4 rings (SSSR count). The van der Waals surface area contributed by atoms with Gasteiger partial charge in [-0.1, -0.05) is 13.8 Å². The average Bonchev–Trinajstić information content (AvgIpc) is 2.61. The van der Waals surface area contributed by atoms with E-state index in [1.165, 1.54) is 18.9 Å². The van der Waals surface area contributed by atoms with Gasteiger partial charge in [0.25, 0.3) is 5.91 Å². The molecule has 2 heterocycles. The third-order valence-corrected chi connectivity index (χ3v) is 6.00. The monoisotopic (exact) mass is 349 g/mol. The number of hydrogen-bond acceptors (Lipinski definition) is 4. The second kappa shape index (κ2) is 7.40. The molecule has 5 nitrogen and oxygen atoms in total. The van der Waals surface area contributed by atoms with Crippen LogP contribution in [-0.2, 0) is 13.0 Å². The number of piperidine rings is 1. The summed E-state index contributed by atoms with van der Waals surface area (Å²) >= 11 is 0. The molecule has 2 aliphatic heterocycles. The number of halogens is 1. The highest BCUT2D eigenvalue weighted by atomic mass is 19.1. The van der Waals surface area contributed by atoms with Gasteiger partial charge in [-0.25, -0.2) is 9.87 Å². The van der Waals surface area contributed by atoms with Crippen LogP contribution in [0.4, 0.5) is 4.39 Å². The minimum atomic E-state index is -0.667. The molecule has 3 unspecified atom stereocenters. The summed E-state index contributed by atoms with van der Waals surface area (Å²) in [5.74, 6) is -0.176. The second-order valence-electron chi connectivity index (χ2n) is 7.06. The zero-order chi connectivity index (χ0) is 18.1. The van der Waals surface area contributed by atoms with E-state index in [1.54, 1.807) is 11.5 Å². The van der Waals surface area contributed by atoms with Crippen LogP contribution in [0.25, 0.3) is 0 Å². The van der Waals surface area contributed by atoms with Crippen LogP contribution in [0.3, 0.4) is 0 Å². The van der Waals surface area contributed by atoms with E-state index in [0.29, 0.717) is 24.6 Å². The quantitative estimate of drug-likeness (QED) is 0.650. The Labute approximate surface area is 148 Å². The zero-order valence-electron chi connectivity index (χ0n) is 15.3. The van der Waals surface area contributed by atoms with Crippen LogP contribution in [0.2, 0.25) is 0 Å². The van der Waals surface area contributed by atoms with Crippen molar-refractivity contribution in [2.45, 2.75) is 51.7 Å². The standard InChI is InChI=1S/C17H22FN3O2.C2H6/c1-20-15-3-2-13(15)16(20)9-21-5-4-12-11(8-21)6-10(7-14(12)18)17(22)19-23;1-2/h6-7,13,15-16,23H,2-5,8-9H2,1H3,(H,19,22);1-2H3. The molecule has 2 N–H and O–H groups in total. The van der Waals surface area contributed by atoms with Crippen molar-refractivity contribution in [3.05, 3.63) is 34.6 Å². The Hall–Kier alpha value is -1.50. The summed E-state index contributed by atoms with van der Waals surface area (Å²) in [4.78, 5) is 16.4. The van der Waals surface area contributed by atoms with Gasteiger partial charge in [0.15, 0.2) is 0 Å². The minimum absolute atomic E-state index is 0.172. The number of nitrogens with zero attached hydrogens (tertiary/aromatic N) is 2. The first-order valence-electron chi connectivity index (χ1n) is 9.28. The number of fused-ring (bicyclic) bond motifs is 2. The van der Waals surface area contributed by atoms with Gasteiger partial charge in [0.05, 0.1) is 0 Å². The number of hydroxylamine groups is 1. The topological polar surface area (TPSA) is 55.8 Å². The van der Waals surface area contributed by atoms with Crippen molar-refractivity contribution >= 4 is 5.91 Å². The maximum atomic E-state index is 14.2. The average molecular weight is 349 g/mol. The van der Waals surface area contributed by atoms with Gasteiger partial charge in [0, 0.05) is 37.3 Å². The summed E-state index contributed by atoms with van der Waals surface area (Å²) in [6.45, 7) is 6.53. The summed E-state index contributed by atoms with van der Waals surface area (Å²) < 4.78 is 14.2. The summed E-state index contributed by atoms with van der Waals surface area (Å²) in [5.41, 5.74) is 3.32. The lowest BCUT2D eigenvalue weighted by Gasteiger charge is -2.61. The van der Waals surface area contributed by atoms with Crippen LogP contribution < -0.4 is 5.48 Å². The molecule has 1 saturated carbocycles. The van der Waals surface area contributed by atoms with Crippen LogP contribution >= 0.6 is 0 Å². The molecule has 1 aliphatic carbocycles. The Kier molecular flexibility index (Phi) is 5.41. The highest BCUT2D eigenvalue weighted by Gasteiger charge is 2.51. The molecule has 2 fully saturated rings. The molecule has 0 radical (unpaired) electrons. The minimum Gasteiger partial charge on any atom is -0.299 e. The van der Waals surface area contributed by atoms with Crippen molar-refractivity contribution in [1.29, 1.82) is 0 Å². The van der Waals surface area contributed by atoms with Gasteiger partial charge in [0.1, 0.15) is 5.82 Å². The van der Waals surface area contributed by atoms with Crippen LogP contribution in [0.15, 0.2) is 12.1 Å². The van der Waals surface area contributed by atoms with Gasteiger partial charge in [0.2, 0.25) is 0 Å². The third-order valence-electron chi connectivity index (χ3n) is 6.00. The predicted molar refractivity (Wildman–Crippen MR) is 94.0 cm³/mol. The molecule has 0 aromatic heterocycles. The maximum absolute atomic E-state index is 14.2. The van der Waals surface area contributed by atoms with Gasteiger partial charge in [-0.2, -0.15) is 0 Å². The van der Waals surface area contributed by atoms with Crippen molar-refractivity contribution in [3.8, 4) is 0 Å². The summed E-state index contributed by atoms with van der Waals surface area (Å²) in [7, 11) is 2.20. The summed E-state index contributed by atoms with van der Waals surface area (Å²) in [6.07, 6.45) is 3.33. The first-order chi connectivity index (χ1) is 12.1. The molecule has 3 atom stereocenters. The molecule has 1 aromatic rings. The summed E-state index contributed by atoms with van der Waals surface area (Å²) in [6, 6.07) is 4.31. The Balaban J connectivity index is 0.000000880. The highest BCUT2D eigenvalue weighted by molar-refractivity contribution is 5.93. The van der Waals surface area contributed by atoms with Gasteiger partial charge in [-0.3, -0.25) is 19.8 Å². The molecule has 0 bridgehead atoms. The molecule has 138 valence electrons. The van der Waals surface area contributed by atoms with Crippen molar-refractivity contribution in [1.82, 2.24) is 15.3 Å². The van der Waals surface area contributed by atoms with E-state index in [2.05, 4.69) is 16.8 Å². The van der Waals surface area contributed by atoms with Gasteiger partial charge in [-0.15, -0.1) is 0 Å². The smallest absolute Gasteiger partial charge is 0.274 e. The maximum Gasteiger partial charge on any atom is 0.274 e. The Morgan fingerprint density at radius 3 is 2.72 bits per heavy atom. The molecular formula is C19H28FN3O2. The Bertz CT molecular complexity index is 646. The van der Waals surface area contributed by atoms with Crippen molar-refractivity contribution < 1.29 is 14.4 Å². The largest absolute Gasteiger partial charge is 0.299 e. The van der Waals surface area contributed by atoms with E-state index in [9.17, 15) is 9.18 Å². The van der Waals surface area contributed by atoms with Crippen molar-refractivity contribution in [2.75, 3.05) is 20.1 Å². The number of nitrogens with one attached hydrogen (secondary N) is 1. The summed E-state index contributed by atoms with van der Waals surface area (Å²) in [5, 5.41) is 8.75. The SMILES string of the molecule is CC.CN1C2CCC2C1CN1CCc2c(F)cc(C(=O)NO)cc2C1. The van der Waals surface area contributed by atoms with Crippen molar-refractivity contribution in [3.63, 3.8) is 0 Å². The first-order valence-corrected chi connectivity index (χ1v) is 9.28. The number of hydrogen-bond donors (Lipinski definition) is 2. The molecular weight excluding hydrogens is 321 g/mol. The molecule has 1 aromatic carbocycles. The lowest BCUT2D eigenvalue weighted by Crippen LogP contribution is -2.70. The predicted octanol–water partition coefficient (Wildman–Crippen LogP) is 2.42. The van der Waals surface area contributed by atoms with Crippen LogP contribution in [0, 0.1) is 11.7 Å². The fraction of sp³-hybridized carbons (Fsp3) is 0.632. The van der Waals surface area contributed by atoms with E-state index in [0.717, 1.165) is 30.6 Å². The number of amides is 1. The lowest BCUT2D eigenvalue weighted by molar-refractivity contribution is -0.114. The number of rotatable bonds is 3. The van der Waals surface area contributed by atoms with Gasteiger partial charge in [-0.05, 0) is 55.5 Å². The Morgan fingerprint density at radius 1 is 1.36 bits per heavy atom. The number of likely N-dealkylation sites (N-methyl/N-ethyl adjacent to an activating group) is 1. The molecule has 25 heavy (non-hydrogen) atoms. The third kappa shape index (κ3) is 3.18. The van der Waals surface area contributed by atoms with Gasteiger partial charge >= 0.3 is 0 Å². The fourth-order valence-corrected chi connectivity index (χ4v) is 4.49. The van der Waals surface area contributed by atoms with Crippen LogP contribution in [-0.4, -0.2) is 53.1 Å².